The van der Waals surface area contributed by atoms with Gasteiger partial charge in [0.15, 0.2) is 0 Å². The molecular weight excluding hydrogens is 372 g/mol. The van der Waals surface area contributed by atoms with Crippen LogP contribution in [0, 0.1) is 0 Å². The molecule has 0 saturated heterocycles. The average Bonchev–Trinajstić information content (AvgIpc) is 3.08. The van der Waals surface area contributed by atoms with Crippen LogP contribution in [0.4, 0.5) is 0 Å². The lowest BCUT2D eigenvalue weighted by Gasteiger charge is -2.04. The first-order valence-electron chi connectivity index (χ1n) is 8.84. The number of allylic oxidation sites excluding steroid dienone is 1. The molecule has 4 rings (SSSR count). The molecule has 29 heavy (non-hydrogen) atoms. The number of nitrogens with zero attached hydrogens (tertiary/aromatic N) is 2. The first kappa shape index (κ1) is 18.3. The molecule has 8 nitrogen and oxygen atoms in total. The molecule has 4 aromatic rings. The number of aromatic hydroxyl groups is 1. The number of methoxy groups -OCH3 is 1. The molecule has 2 aromatic heterocycles. The maximum atomic E-state index is 12.8. The molecule has 0 aliphatic carbocycles. The van der Waals surface area contributed by atoms with Crippen molar-refractivity contribution in [2.24, 2.45) is 5.10 Å². The van der Waals surface area contributed by atoms with Crippen LogP contribution in [0.1, 0.15) is 11.1 Å². The SMILES string of the molecule is C=CCc1cccc(/C=N/n2c(=O)[nH]c3c([nH]c4cc(OC)ccc43)c2=O)c1O. The second-order valence-corrected chi connectivity index (χ2v) is 6.43. The molecular formula is C21H18N4O4. The fourth-order valence-corrected chi connectivity index (χ4v) is 3.21. The number of hydrogen-bond donors (Lipinski definition) is 3. The van der Waals surface area contributed by atoms with Gasteiger partial charge >= 0.3 is 11.2 Å². The van der Waals surface area contributed by atoms with Crippen LogP contribution in [-0.4, -0.2) is 33.1 Å². The Morgan fingerprint density at radius 3 is 2.79 bits per heavy atom. The largest absolute Gasteiger partial charge is 0.507 e. The van der Waals surface area contributed by atoms with E-state index in [-0.39, 0.29) is 11.3 Å². The van der Waals surface area contributed by atoms with Crippen LogP contribution in [0.15, 0.2) is 63.7 Å². The minimum Gasteiger partial charge on any atom is -0.507 e. The zero-order chi connectivity index (χ0) is 20.5. The van der Waals surface area contributed by atoms with Gasteiger partial charge in [-0.3, -0.25) is 4.79 Å². The van der Waals surface area contributed by atoms with Gasteiger partial charge in [0, 0.05) is 17.0 Å². The molecule has 0 aliphatic heterocycles. The summed E-state index contributed by atoms with van der Waals surface area (Å²) in [4.78, 5) is 31.0. The Morgan fingerprint density at radius 1 is 1.21 bits per heavy atom. The minimum absolute atomic E-state index is 0.0272. The molecule has 0 spiro atoms. The van der Waals surface area contributed by atoms with Gasteiger partial charge in [-0.25, -0.2) is 4.79 Å². The van der Waals surface area contributed by atoms with Gasteiger partial charge in [-0.2, -0.15) is 5.10 Å². The summed E-state index contributed by atoms with van der Waals surface area (Å²) in [6.45, 7) is 3.65. The van der Waals surface area contributed by atoms with E-state index in [0.29, 0.717) is 44.4 Å². The summed E-state index contributed by atoms with van der Waals surface area (Å²) in [5, 5.41) is 15.0. The topological polar surface area (TPSA) is 112 Å². The number of ether oxygens (including phenoxy) is 1. The number of aromatic amines is 2. The summed E-state index contributed by atoms with van der Waals surface area (Å²) in [6.07, 6.45) is 3.43. The van der Waals surface area contributed by atoms with E-state index in [1.807, 2.05) is 0 Å². The van der Waals surface area contributed by atoms with E-state index in [2.05, 4.69) is 21.6 Å². The Bertz CT molecular complexity index is 1390. The number of phenols is 1. The number of fused-ring (bicyclic) bond motifs is 3. The fourth-order valence-electron chi connectivity index (χ4n) is 3.21. The Labute approximate surface area is 164 Å². The van der Waals surface area contributed by atoms with Crippen molar-refractivity contribution in [1.29, 1.82) is 0 Å². The quantitative estimate of drug-likeness (QED) is 0.359. The van der Waals surface area contributed by atoms with Gasteiger partial charge < -0.3 is 19.8 Å². The summed E-state index contributed by atoms with van der Waals surface area (Å²) in [7, 11) is 1.55. The molecule has 3 N–H and O–H groups in total. The molecule has 0 fully saturated rings. The molecule has 2 aromatic carbocycles. The van der Waals surface area contributed by atoms with Crippen LogP contribution in [0.5, 0.6) is 11.5 Å². The zero-order valence-corrected chi connectivity index (χ0v) is 15.6. The number of para-hydroxylation sites is 1. The van der Waals surface area contributed by atoms with Gasteiger partial charge in [-0.15, -0.1) is 11.3 Å². The summed E-state index contributed by atoms with van der Waals surface area (Å²) in [5.74, 6) is 0.652. The van der Waals surface area contributed by atoms with Crippen LogP contribution in [0.3, 0.4) is 0 Å². The number of hydrogen-bond acceptors (Lipinski definition) is 5. The van der Waals surface area contributed by atoms with Crippen LogP contribution in [0.25, 0.3) is 21.9 Å². The molecule has 0 unspecified atom stereocenters. The first-order valence-corrected chi connectivity index (χ1v) is 8.84. The molecule has 8 heteroatoms. The maximum absolute atomic E-state index is 12.8. The van der Waals surface area contributed by atoms with Gasteiger partial charge in [-0.1, -0.05) is 18.2 Å². The average molecular weight is 390 g/mol. The van der Waals surface area contributed by atoms with Crippen molar-refractivity contribution in [3.8, 4) is 11.5 Å². The van der Waals surface area contributed by atoms with Crippen molar-refractivity contribution in [2.75, 3.05) is 7.11 Å². The lowest BCUT2D eigenvalue weighted by molar-refractivity contribution is 0.415. The highest BCUT2D eigenvalue weighted by Crippen LogP contribution is 2.25. The van der Waals surface area contributed by atoms with E-state index in [9.17, 15) is 14.7 Å². The summed E-state index contributed by atoms with van der Waals surface area (Å²) in [5.41, 5.74) is 1.05. The van der Waals surface area contributed by atoms with Crippen LogP contribution >= 0.6 is 0 Å². The van der Waals surface area contributed by atoms with Gasteiger partial charge in [-0.05, 0) is 30.2 Å². The van der Waals surface area contributed by atoms with E-state index < -0.39 is 11.2 Å². The van der Waals surface area contributed by atoms with Crippen LogP contribution in [0.2, 0.25) is 0 Å². The second-order valence-electron chi connectivity index (χ2n) is 6.43. The minimum atomic E-state index is -0.683. The molecule has 0 radical (unpaired) electrons. The Balaban J connectivity index is 1.85. The van der Waals surface area contributed by atoms with Crippen molar-refractivity contribution in [3.63, 3.8) is 0 Å². The normalized spacial score (nSPS) is 11.5. The molecule has 0 bridgehead atoms. The predicted octanol–water partition coefficient (Wildman–Crippen LogP) is 2.50. The number of rotatable bonds is 5. The van der Waals surface area contributed by atoms with E-state index in [0.717, 1.165) is 0 Å². The number of H-pyrrole nitrogens is 2. The number of aromatic nitrogens is 3. The Hall–Kier alpha value is -4.07. The van der Waals surface area contributed by atoms with Crippen molar-refractivity contribution in [3.05, 3.63) is 81.0 Å². The summed E-state index contributed by atoms with van der Waals surface area (Å²) >= 11 is 0. The fraction of sp³-hybridized carbons (Fsp3) is 0.0952. The monoisotopic (exact) mass is 390 g/mol. The molecule has 146 valence electrons. The third-order valence-electron chi connectivity index (χ3n) is 4.66. The molecule has 2 heterocycles. The molecule has 0 atom stereocenters. The lowest BCUT2D eigenvalue weighted by Crippen LogP contribution is -2.32. The number of benzene rings is 2. The maximum Gasteiger partial charge on any atom is 0.350 e. The summed E-state index contributed by atoms with van der Waals surface area (Å²) < 4.78 is 5.91. The number of phenolic OH excluding ortho intramolecular Hbond substituents is 1. The standard InChI is InChI=1S/C21H18N4O4/c1-3-5-12-6-4-7-13(19(12)26)11-22-25-20(27)18-17(24-21(25)28)15-9-8-14(29-2)10-16(15)23-18/h3-4,6-11,23,26H,1,5H2,2H3,(H,24,28)/b22-11+. The highest BCUT2D eigenvalue weighted by atomic mass is 16.5. The molecule has 0 amide bonds. The van der Waals surface area contributed by atoms with E-state index in [1.165, 1.54) is 6.21 Å². The Morgan fingerprint density at radius 2 is 2.03 bits per heavy atom. The lowest BCUT2D eigenvalue weighted by atomic mass is 10.1. The van der Waals surface area contributed by atoms with Gasteiger partial charge in [0.25, 0.3) is 0 Å². The second kappa shape index (κ2) is 7.16. The van der Waals surface area contributed by atoms with Gasteiger partial charge in [0.2, 0.25) is 0 Å². The van der Waals surface area contributed by atoms with E-state index >= 15 is 0 Å². The van der Waals surface area contributed by atoms with Crippen molar-refractivity contribution in [2.45, 2.75) is 6.42 Å². The van der Waals surface area contributed by atoms with Crippen LogP contribution in [-0.2, 0) is 6.42 Å². The highest BCUT2D eigenvalue weighted by molar-refractivity contribution is 6.04. The van der Waals surface area contributed by atoms with Gasteiger partial charge in [0.1, 0.15) is 17.0 Å². The third kappa shape index (κ3) is 3.10. The Kier molecular flexibility index (Phi) is 4.52. The highest BCUT2D eigenvalue weighted by Gasteiger charge is 2.13. The first-order chi connectivity index (χ1) is 14.0. The van der Waals surface area contributed by atoms with Crippen molar-refractivity contribution >= 4 is 28.2 Å². The van der Waals surface area contributed by atoms with Crippen molar-refractivity contribution in [1.82, 2.24) is 14.6 Å². The predicted molar refractivity (Wildman–Crippen MR) is 112 cm³/mol. The molecule has 0 aliphatic rings. The van der Waals surface area contributed by atoms with E-state index in [1.54, 1.807) is 49.6 Å². The van der Waals surface area contributed by atoms with Gasteiger partial charge in [0.05, 0.1) is 24.4 Å². The zero-order valence-electron chi connectivity index (χ0n) is 15.6. The summed E-state index contributed by atoms with van der Waals surface area (Å²) in [6, 6.07) is 10.4. The smallest absolute Gasteiger partial charge is 0.350 e. The number of nitrogens with one attached hydrogen (secondary N) is 2. The van der Waals surface area contributed by atoms with E-state index in [4.69, 9.17) is 4.74 Å². The van der Waals surface area contributed by atoms with Crippen molar-refractivity contribution < 1.29 is 9.84 Å². The van der Waals surface area contributed by atoms with Crippen LogP contribution < -0.4 is 16.0 Å². The third-order valence-corrected chi connectivity index (χ3v) is 4.66. The molecule has 0 saturated carbocycles.